The van der Waals surface area contributed by atoms with Gasteiger partial charge in [0.05, 0.1) is 32.8 Å². The Kier molecular flexibility index (Phi) is 14.9. The van der Waals surface area contributed by atoms with E-state index in [0.29, 0.717) is 76.2 Å². The minimum Gasteiger partial charge on any atom is -0.396 e. The summed E-state index contributed by atoms with van der Waals surface area (Å²) in [6, 6.07) is 7.52. The fourth-order valence-electron chi connectivity index (χ4n) is 3.09. The molecule has 0 fully saturated rings. The van der Waals surface area contributed by atoms with Crippen molar-refractivity contribution < 1.29 is 19.4 Å². The van der Waals surface area contributed by atoms with Gasteiger partial charge in [-0.1, -0.05) is 26.0 Å². The second-order valence-corrected chi connectivity index (χ2v) is 8.78. The van der Waals surface area contributed by atoms with Crippen molar-refractivity contribution in [3.05, 3.63) is 29.8 Å². The Bertz CT molecular complexity index is 899. The number of anilines is 4. The highest BCUT2D eigenvalue weighted by Crippen LogP contribution is 2.17. The summed E-state index contributed by atoms with van der Waals surface area (Å²) in [5, 5.41) is 21.4. The number of amides is 1. The van der Waals surface area contributed by atoms with E-state index < -0.39 is 0 Å². The van der Waals surface area contributed by atoms with E-state index in [1.807, 2.05) is 24.3 Å². The summed E-state index contributed by atoms with van der Waals surface area (Å²) in [5.74, 6) is 1.79. The van der Waals surface area contributed by atoms with Crippen LogP contribution in [0.1, 0.15) is 32.3 Å². The third kappa shape index (κ3) is 13.7. The van der Waals surface area contributed by atoms with Crippen molar-refractivity contribution in [2.75, 3.05) is 75.2 Å². The minimum absolute atomic E-state index is 0.0723. The van der Waals surface area contributed by atoms with Crippen LogP contribution in [0.2, 0.25) is 0 Å². The lowest BCUT2D eigenvalue weighted by Gasteiger charge is -2.12. The Morgan fingerprint density at radius 2 is 1.57 bits per heavy atom. The van der Waals surface area contributed by atoms with Crippen LogP contribution in [-0.4, -0.2) is 85.2 Å². The van der Waals surface area contributed by atoms with E-state index in [9.17, 15) is 4.79 Å². The van der Waals surface area contributed by atoms with Gasteiger partial charge in [-0.05, 0) is 36.5 Å². The van der Waals surface area contributed by atoms with Crippen molar-refractivity contribution in [3.8, 4) is 0 Å². The molecule has 206 valence electrons. The van der Waals surface area contributed by atoms with E-state index in [-0.39, 0.29) is 18.9 Å². The number of carbonyl (C=O) groups excluding carboxylic acids is 1. The molecule has 0 radical (unpaired) electrons. The summed E-state index contributed by atoms with van der Waals surface area (Å²) < 4.78 is 10.6. The second kappa shape index (κ2) is 18.2. The summed E-state index contributed by atoms with van der Waals surface area (Å²) in [4.78, 5) is 25.5. The number of hydrogen-bond donors (Lipinski definition) is 6. The van der Waals surface area contributed by atoms with Crippen LogP contribution in [-0.2, 0) is 20.7 Å². The van der Waals surface area contributed by atoms with Crippen LogP contribution in [0, 0.1) is 5.92 Å². The molecule has 12 nitrogen and oxygen atoms in total. The number of nitrogens with two attached hydrogens (primary N) is 1. The molecule has 0 unspecified atom stereocenters. The van der Waals surface area contributed by atoms with Gasteiger partial charge in [-0.25, -0.2) is 0 Å². The fourth-order valence-corrected chi connectivity index (χ4v) is 3.09. The molecule has 0 saturated heterocycles. The number of hydrogen-bond acceptors (Lipinski definition) is 11. The highest BCUT2D eigenvalue weighted by molar-refractivity contribution is 5.78. The Labute approximate surface area is 219 Å². The normalized spacial score (nSPS) is 10.9. The molecule has 0 aliphatic carbocycles. The molecule has 2 aromatic rings. The third-order valence-electron chi connectivity index (χ3n) is 5.04. The summed E-state index contributed by atoms with van der Waals surface area (Å²) >= 11 is 0. The molecular formula is C25H42N8O4. The molecule has 0 atom stereocenters. The Balaban J connectivity index is 1.84. The summed E-state index contributed by atoms with van der Waals surface area (Å²) in [6.45, 7) is 8.57. The Morgan fingerprint density at radius 3 is 2.22 bits per heavy atom. The van der Waals surface area contributed by atoms with Crippen molar-refractivity contribution >= 4 is 29.4 Å². The second-order valence-electron chi connectivity index (χ2n) is 8.78. The smallest absolute Gasteiger partial charge is 0.233 e. The lowest BCUT2D eigenvalue weighted by Crippen LogP contribution is -2.29. The van der Waals surface area contributed by atoms with E-state index in [2.05, 4.69) is 50.1 Å². The van der Waals surface area contributed by atoms with Gasteiger partial charge in [0.2, 0.25) is 23.8 Å². The zero-order valence-corrected chi connectivity index (χ0v) is 22.0. The average Bonchev–Trinajstić information content (AvgIpc) is 2.87. The molecule has 37 heavy (non-hydrogen) atoms. The van der Waals surface area contributed by atoms with E-state index >= 15 is 0 Å². The van der Waals surface area contributed by atoms with E-state index in [1.165, 1.54) is 0 Å². The standard InChI is InChI=1S/C25H42N8O4/c1-19(2)8-11-29-24-31-23(28-10-3-13-34)32-25(33-24)30-21-6-4-20(5-7-21)18-22(35)27-12-15-37-17-16-36-14-9-26/h4-7,19,34H,3,8-18,26H2,1-2H3,(H,27,35)(H3,28,29,30,31,32,33). The van der Waals surface area contributed by atoms with Crippen LogP contribution in [0.15, 0.2) is 24.3 Å². The van der Waals surface area contributed by atoms with Gasteiger partial charge in [-0.3, -0.25) is 4.79 Å². The van der Waals surface area contributed by atoms with E-state index in [4.69, 9.17) is 20.3 Å². The highest BCUT2D eigenvalue weighted by atomic mass is 16.5. The molecule has 2 rings (SSSR count). The van der Waals surface area contributed by atoms with Gasteiger partial charge < -0.3 is 41.6 Å². The molecule has 0 bridgehead atoms. The van der Waals surface area contributed by atoms with Gasteiger partial charge in [0, 0.05) is 38.5 Å². The first kappa shape index (κ1) is 30.2. The number of aliphatic hydroxyl groups excluding tert-OH is 1. The summed E-state index contributed by atoms with van der Waals surface area (Å²) in [5.41, 5.74) is 7.02. The molecule has 0 saturated carbocycles. The number of benzene rings is 1. The zero-order valence-electron chi connectivity index (χ0n) is 22.0. The van der Waals surface area contributed by atoms with E-state index in [0.717, 1.165) is 24.2 Å². The molecule has 1 amide bonds. The predicted molar refractivity (Wildman–Crippen MR) is 145 cm³/mol. The van der Waals surface area contributed by atoms with Crippen LogP contribution < -0.4 is 27.0 Å². The summed E-state index contributed by atoms with van der Waals surface area (Å²) in [7, 11) is 0. The van der Waals surface area contributed by atoms with E-state index in [1.54, 1.807) is 0 Å². The fraction of sp³-hybridized carbons (Fsp3) is 0.600. The van der Waals surface area contributed by atoms with Gasteiger partial charge >= 0.3 is 0 Å². The molecule has 0 aliphatic heterocycles. The minimum atomic E-state index is -0.0723. The monoisotopic (exact) mass is 518 g/mol. The van der Waals surface area contributed by atoms with Gasteiger partial charge in [-0.2, -0.15) is 15.0 Å². The van der Waals surface area contributed by atoms with Crippen LogP contribution >= 0.6 is 0 Å². The number of ether oxygens (including phenoxy) is 2. The number of rotatable bonds is 20. The first-order valence-electron chi connectivity index (χ1n) is 12.8. The molecule has 1 aromatic carbocycles. The topological polar surface area (TPSA) is 169 Å². The van der Waals surface area contributed by atoms with Crippen molar-refractivity contribution in [3.63, 3.8) is 0 Å². The summed E-state index contributed by atoms with van der Waals surface area (Å²) in [6.07, 6.45) is 1.86. The van der Waals surface area contributed by atoms with Crippen molar-refractivity contribution in [1.29, 1.82) is 0 Å². The van der Waals surface area contributed by atoms with Crippen LogP contribution in [0.3, 0.4) is 0 Å². The molecule has 12 heteroatoms. The maximum atomic E-state index is 12.2. The lowest BCUT2D eigenvalue weighted by atomic mass is 10.1. The maximum Gasteiger partial charge on any atom is 0.233 e. The van der Waals surface area contributed by atoms with Crippen molar-refractivity contribution in [2.24, 2.45) is 11.7 Å². The molecule has 1 aromatic heterocycles. The highest BCUT2D eigenvalue weighted by Gasteiger charge is 2.08. The first-order chi connectivity index (χ1) is 18.0. The Morgan fingerprint density at radius 1 is 0.919 bits per heavy atom. The maximum absolute atomic E-state index is 12.2. The first-order valence-corrected chi connectivity index (χ1v) is 12.8. The SMILES string of the molecule is CC(C)CCNc1nc(NCCCO)nc(Nc2ccc(CC(=O)NCCOCCOCCN)cc2)n1. The number of nitrogens with one attached hydrogen (secondary N) is 4. The number of nitrogens with zero attached hydrogens (tertiary/aromatic N) is 3. The molecule has 7 N–H and O–H groups in total. The lowest BCUT2D eigenvalue weighted by molar-refractivity contribution is -0.120. The van der Waals surface area contributed by atoms with Gasteiger partial charge in [0.15, 0.2) is 0 Å². The molecular weight excluding hydrogens is 476 g/mol. The molecule has 0 spiro atoms. The molecule has 0 aliphatic rings. The number of aliphatic hydroxyl groups is 1. The number of aromatic nitrogens is 3. The van der Waals surface area contributed by atoms with Crippen LogP contribution in [0.25, 0.3) is 0 Å². The molecule has 1 heterocycles. The van der Waals surface area contributed by atoms with Gasteiger partial charge in [0.25, 0.3) is 0 Å². The zero-order chi connectivity index (χ0) is 26.7. The largest absolute Gasteiger partial charge is 0.396 e. The van der Waals surface area contributed by atoms with Crippen LogP contribution in [0.4, 0.5) is 23.5 Å². The number of carbonyl (C=O) groups is 1. The third-order valence-corrected chi connectivity index (χ3v) is 5.04. The average molecular weight is 519 g/mol. The van der Waals surface area contributed by atoms with Crippen LogP contribution in [0.5, 0.6) is 0 Å². The van der Waals surface area contributed by atoms with Gasteiger partial charge in [0.1, 0.15) is 0 Å². The predicted octanol–water partition coefficient (Wildman–Crippen LogP) is 1.52. The van der Waals surface area contributed by atoms with Gasteiger partial charge in [-0.15, -0.1) is 0 Å². The Hall–Kier alpha value is -3.06. The quantitative estimate of drug-likeness (QED) is 0.141. The van der Waals surface area contributed by atoms with Crippen molar-refractivity contribution in [1.82, 2.24) is 20.3 Å². The van der Waals surface area contributed by atoms with Crippen molar-refractivity contribution in [2.45, 2.75) is 33.1 Å².